The molecule has 4 nitrogen and oxygen atoms in total. The van der Waals surface area contributed by atoms with E-state index in [0.29, 0.717) is 6.04 Å². The molecule has 0 amide bonds. The van der Waals surface area contributed by atoms with Crippen molar-refractivity contribution in [1.29, 1.82) is 0 Å². The van der Waals surface area contributed by atoms with Gasteiger partial charge in [-0.1, -0.05) is 6.07 Å². The maximum absolute atomic E-state index is 4.74. The van der Waals surface area contributed by atoms with Gasteiger partial charge in [0.15, 0.2) is 0 Å². The molecule has 0 bridgehead atoms. The molecule has 1 saturated heterocycles. The maximum Gasteiger partial charge on any atom is 0.125 e. The minimum absolute atomic E-state index is 0.425. The van der Waals surface area contributed by atoms with Crippen molar-refractivity contribution in [3.63, 3.8) is 0 Å². The summed E-state index contributed by atoms with van der Waals surface area (Å²) in [5, 5.41) is 1.04. The van der Waals surface area contributed by atoms with Gasteiger partial charge in [0, 0.05) is 41.3 Å². The van der Waals surface area contributed by atoms with Crippen LogP contribution < -0.4 is 0 Å². The number of likely N-dealkylation sites (tertiary alicyclic amines) is 1. The van der Waals surface area contributed by atoms with Gasteiger partial charge in [0.25, 0.3) is 0 Å². The number of nitrogens with zero attached hydrogens (tertiary/aromatic N) is 4. The number of hydrogen-bond donors (Lipinski definition) is 0. The van der Waals surface area contributed by atoms with Crippen molar-refractivity contribution in [3.8, 4) is 10.6 Å². The summed E-state index contributed by atoms with van der Waals surface area (Å²) in [6.45, 7) is 4.13. The van der Waals surface area contributed by atoms with Crippen LogP contribution in [0, 0.1) is 6.92 Å². The highest BCUT2D eigenvalue weighted by atomic mass is 32.1. The van der Waals surface area contributed by atoms with Gasteiger partial charge in [0.1, 0.15) is 5.01 Å². The molecule has 5 heteroatoms. The Morgan fingerprint density at radius 2 is 2.17 bits per heavy atom. The van der Waals surface area contributed by atoms with Gasteiger partial charge in [0.2, 0.25) is 0 Å². The lowest BCUT2D eigenvalue weighted by atomic mass is 10.1. The Bertz CT molecular complexity index is 815. The predicted octanol–water partition coefficient (Wildman–Crippen LogP) is 4.25. The first-order valence-electron chi connectivity index (χ1n) is 8.32. The van der Waals surface area contributed by atoms with Gasteiger partial charge >= 0.3 is 0 Å². The molecule has 4 heterocycles. The Morgan fingerprint density at radius 3 is 3.00 bits per heavy atom. The largest absolute Gasteiger partial charge is 0.290 e. The molecule has 1 atom stereocenters. The van der Waals surface area contributed by atoms with E-state index in [4.69, 9.17) is 4.98 Å². The molecule has 4 rings (SSSR count). The third kappa shape index (κ3) is 3.23. The summed E-state index contributed by atoms with van der Waals surface area (Å²) in [5.74, 6) is 0. The second-order valence-electron chi connectivity index (χ2n) is 6.21. The monoisotopic (exact) mass is 336 g/mol. The van der Waals surface area contributed by atoms with E-state index >= 15 is 0 Å². The van der Waals surface area contributed by atoms with Gasteiger partial charge in [-0.3, -0.25) is 14.9 Å². The lowest BCUT2D eigenvalue weighted by molar-refractivity contribution is 0.246. The lowest BCUT2D eigenvalue weighted by Gasteiger charge is -2.23. The van der Waals surface area contributed by atoms with Gasteiger partial charge in [-0.2, -0.15) is 0 Å². The molecule has 3 aromatic heterocycles. The fraction of sp³-hybridized carbons (Fsp3) is 0.316. The van der Waals surface area contributed by atoms with Crippen molar-refractivity contribution in [2.24, 2.45) is 0 Å². The molecule has 1 aliphatic rings. The fourth-order valence-electron chi connectivity index (χ4n) is 3.30. The first-order valence-corrected chi connectivity index (χ1v) is 9.14. The van der Waals surface area contributed by atoms with Crippen LogP contribution in [-0.2, 0) is 6.54 Å². The van der Waals surface area contributed by atoms with Crippen molar-refractivity contribution >= 4 is 11.3 Å². The molecular weight excluding hydrogens is 316 g/mol. The van der Waals surface area contributed by atoms with Crippen LogP contribution in [0.5, 0.6) is 0 Å². The zero-order chi connectivity index (χ0) is 16.4. The minimum Gasteiger partial charge on any atom is -0.290 e. The minimum atomic E-state index is 0.425. The van der Waals surface area contributed by atoms with E-state index in [-0.39, 0.29) is 0 Å². The quantitative estimate of drug-likeness (QED) is 0.714. The van der Waals surface area contributed by atoms with E-state index in [1.165, 1.54) is 23.4 Å². The molecule has 3 aromatic rings. The molecule has 1 fully saturated rings. The highest BCUT2D eigenvalue weighted by Crippen LogP contribution is 2.34. The molecule has 0 radical (unpaired) electrons. The van der Waals surface area contributed by atoms with Gasteiger partial charge in [-0.25, -0.2) is 4.98 Å². The molecule has 0 saturated carbocycles. The van der Waals surface area contributed by atoms with Crippen LogP contribution in [0.1, 0.15) is 35.1 Å². The zero-order valence-electron chi connectivity index (χ0n) is 13.7. The standard InChI is InChI=1S/C19H20N4S/c1-14-5-2-7-17(22-14)18-8-4-10-23(18)13-16-12-21-19(24-16)15-6-3-9-20-11-15/h2-3,5-7,9,11-12,18H,4,8,10,13H2,1H3/t18-/m0/s1. The Kier molecular flexibility index (Phi) is 4.36. The summed E-state index contributed by atoms with van der Waals surface area (Å²) in [6.07, 6.45) is 8.09. The smallest absolute Gasteiger partial charge is 0.125 e. The molecule has 0 aliphatic carbocycles. The SMILES string of the molecule is Cc1cccc([C@@H]2CCCN2Cc2cnc(-c3cccnc3)s2)n1. The average Bonchev–Trinajstić information content (AvgIpc) is 3.26. The third-order valence-corrected chi connectivity index (χ3v) is 5.47. The topological polar surface area (TPSA) is 41.9 Å². The number of rotatable bonds is 4. The summed E-state index contributed by atoms with van der Waals surface area (Å²) in [5.41, 5.74) is 3.38. The summed E-state index contributed by atoms with van der Waals surface area (Å²) in [6, 6.07) is 10.8. The van der Waals surface area contributed by atoms with Crippen LogP contribution in [0.2, 0.25) is 0 Å². The van der Waals surface area contributed by atoms with Crippen LogP contribution in [0.15, 0.2) is 48.9 Å². The molecule has 122 valence electrons. The first-order chi connectivity index (χ1) is 11.8. The van der Waals surface area contributed by atoms with E-state index in [0.717, 1.165) is 29.4 Å². The molecule has 0 spiro atoms. The Morgan fingerprint density at radius 1 is 1.21 bits per heavy atom. The van der Waals surface area contributed by atoms with Crippen molar-refractivity contribution in [1.82, 2.24) is 19.9 Å². The van der Waals surface area contributed by atoms with E-state index < -0.39 is 0 Å². The summed E-state index contributed by atoms with van der Waals surface area (Å²) < 4.78 is 0. The van der Waals surface area contributed by atoms with Crippen molar-refractivity contribution < 1.29 is 0 Å². The normalized spacial score (nSPS) is 18.1. The van der Waals surface area contributed by atoms with E-state index in [2.05, 4.69) is 46.1 Å². The van der Waals surface area contributed by atoms with E-state index in [1.807, 2.05) is 18.5 Å². The Hall–Kier alpha value is -2.11. The number of aryl methyl sites for hydroxylation is 1. The summed E-state index contributed by atoms with van der Waals surface area (Å²) in [7, 11) is 0. The van der Waals surface area contributed by atoms with E-state index in [9.17, 15) is 0 Å². The second kappa shape index (κ2) is 6.79. The molecule has 0 aromatic carbocycles. The molecule has 0 N–H and O–H groups in total. The van der Waals surface area contributed by atoms with Crippen molar-refractivity contribution in [2.45, 2.75) is 32.4 Å². The van der Waals surface area contributed by atoms with Crippen LogP contribution in [0.4, 0.5) is 0 Å². The maximum atomic E-state index is 4.74. The fourth-order valence-corrected chi connectivity index (χ4v) is 4.23. The molecule has 24 heavy (non-hydrogen) atoms. The average molecular weight is 336 g/mol. The zero-order valence-corrected chi connectivity index (χ0v) is 14.5. The van der Waals surface area contributed by atoms with Gasteiger partial charge in [-0.15, -0.1) is 11.3 Å². The number of hydrogen-bond acceptors (Lipinski definition) is 5. The number of aromatic nitrogens is 3. The third-order valence-electron chi connectivity index (χ3n) is 4.44. The molecule has 1 aliphatic heterocycles. The molecule has 0 unspecified atom stereocenters. The van der Waals surface area contributed by atoms with Crippen LogP contribution in [-0.4, -0.2) is 26.4 Å². The lowest BCUT2D eigenvalue weighted by Crippen LogP contribution is -2.23. The van der Waals surface area contributed by atoms with Crippen LogP contribution in [0.25, 0.3) is 10.6 Å². The predicted molar refractivity (Wildman–Crippen MR) is 96.7 cm³/mol. The van der Waals surface area contributed by atoms with Gasteiger partial charge in [0.05, 0.1) is 11.7 Å². The molecular formula is C19H20N4S. The van der Waals surface area contributed by atoms with Crippen molar-refractivity contribution in [3.05, 3.63) is 65.2 Å². The Balaban J connectivity index is 1.51. The van der Waals surface area contributed by atoms with E-state index in [1.54, 1.807) is 17.5 Å². The first kappa shape index (κ1) is 15.4. The van der Waals surface area contributed by atoms with Crippen LogP contribution >= 0.6 is 11.3 Å². The van der Waals surface area contributed by atoms with Gasteiger partial charge < -0.3 is 0 Å². The second-order valence-corrected chi connectivity index (χ2v) is 7.32. The highest BCUT2D eigenvalue weighted by Gasteiger charge is 2.27. The summed E-state index contributed by atoms with van der Waals surface area (Å²) in [4.78, 5) is 17.3. The van der Waals surface area contributed by atoms with Crippen molar-refractivity contribution in [2.75, 3.05) is 6.54 Å². The summed E-state index contributed by atoms with van der Waals surface area (Å²) >= 11 is 1.76. The van der Waals surface area contributed by atoms with Gasteiger partial charge in [-0.05, 0) is 50.6 Å². The number of pyridine rings is 2. The number of thiazole rings is 1. The highest BCUT2D eigenvalue weighted by molar-refractivity contribution is 7.15. The Labute approximate surface area is 146 Å². The van der Waals surface area contributed by atoms with Crippen LogP contribution in [0.3, 0.4) is 0 Å².